The quantitative estimate of drug-likeness (QED) is 0.472. The predicted molar refractivity (Wildman–Crippen MR) is 108 cm³/mol. The number of rotatable bonds is 4. The maximum Gasteiger partial charge on any atom is 0.270 e. The number of aromatic hydroxyl groups is 1. The van der Waals surface area contributed by atoms with Gasteiger partial charge in [0, 0.05) is 18.7 Å². The predicted octanol–water partition coefficient (Wildman–Crippen LogP) is 4.29. The lowest BCUT2D eigenvalue weighted by Gasteiger charge is -2.21. The Morgan fingerprint density at radius 1 is 1.14 bits per heavy atom. The summed E-state index contributed by atoms with van der Waals surface area (Å²) in [5.74, 6) is 0.306. The SMILES string of the molecule is O=C1/C(=C/c2cccc([N+](=O)[O-])c2)Oc2c1ccc(O)c2CN1CCCCCC1. The van der Waals surface area contributed by atoms with E-state index in [4.69, 9.17) is 4.74 Å². The molecule has 2 aliphatic rings. The minimum absolute atomic E-state index is 0.0539. The number of non-ortho nitro benzene ring substituents is 1. The van der Waals surface area contributed by atoms with Gasteiger partial charge in [-0.2, -0.15) is 0 Å². The van der Waals surface area contributed by atoms with Crippen LogP contribution in [0.15, 0.2) is 42.2 Å². The summed E-state index contributed by atoms with van der Waals surface area (Å²) in [6.45, 7) is 2.42. The highest BCUT2D eigenvalue weighted by atomic mass is 16.6. The van der Waals surface area contributed by atoms with Crippen LogP contribution in [-0.2, 0) is 6.54 Å². The lowest BCUT2D eigenvalue weighted by molar-refractivity contribution is -0.384. The zero-order valence-electron chi connectivity index (χ0n) is 16.0. The van der Waals surface area contributed by atoms with E-state index in [-0.39, 0.29) is 23.0 Å². The number of phenolic OH excluding ortho intramolecular Hbond substituents is 1. The Labute approximate surface area is 168 Å². The monoisotopic (exact) mass is 394 g/mol. The number of carbonyl (C=O) groups excluding carboxylic acids is 1. The first-order valence-corrected chi connectivity index (χ1v) is 9.79. The number of hydrogen-bond donors (Lipinski definition) is 1. The van der Waals surface area contributed by atoms with Crippen molar-refractivity contribution in [2.45, 2.75) is 32.2 Å². The normalized spacial score (nSPS) is 18.3. The highest BCUT2D eigenvalue weighted by molar-refractivity contribution is 6.15. The van der Waals surface area contributed by atoms with Gasteiger partial charge in [0.15, 0.2) is 5.76 Å². The number of nitro groups is 1. The Bertz CT molecular complexity index is 991. The summed E-state index contributed by atoms with van der Waals surface area (Å²) in [7, 11) is 0. The fraction of sp³-hybridized carbons (Fsp3) is 0.318. The van der Waals surface area contributed by atoms with Gasteiger partial charge in [0.1, 0.15) is 11.5 Å². The van der Waals surface area contributed by atoms with Gasteiger partial charge < -0.3 is 9.84 Å². The largest absolute Gasteiger partial charge is 0.507 e. The summed E-state index contributed by atoms with van der Waals surface area (Å²) in [4.78, 5) is 25.6. The van der Waals surface area contributed by atoms with Crippen LogP contribution < -0.4 is 4.74 Å². The lowest BCUT2D eigenvalue weighted by Crippen LogP contribution is -2.24. The number of ether oxygens (including phenoxy) is 1. The van der Waals surface area contributed by atoms with E-state index in [9.17, 15) is 20.0 Å². The summed E-state index contributed by atoms with van der Waals surface area (Å²) >= 11 is 0. The third kappa shape index (κ3) is 4.00. The van der Waals surface area contributed by atoms with Crippen LogP contribution in [0.2, 0.25) is 0 Å². The molecule has 0 spiro atoms. The molecule has 1 saturated heterocycles. The minimum atomic E-state index is -0.481. The number of benzene rings is 2. The Morgan fingerprint density at radius 3 is 2.62 bits per heavy atom. The Hall–Kier alpha value is -3.19. The number of ketones is 1. The number of fused-ring (bicyclic) bond motifs is 1. The molecule has 2 aliphatic heterocycles. The molecule has 2 aromatic rings. The van der Waals surface area contributed by atoms with Gasteiger partial charge in [-0.1, -0.05) is 25.0 Å². The van der Waals surface area contributed by atoms with E-state index in [0.29, 0.717) is 29.0 Å². The molecule has 0 atom stereocenters. The molecular formula is C22H22N2O5. The molecule has 0 aromatic heterocycles. The van der Waals surface area contributed by atoms with Crippen molar-refractivity contribution in [3.63, 3.8) is 0 Å². The number of nitrogens with zero attached hydrogens (tertiary/aromatic N) is 2. The van der Waals surface area contributed by atoms with Crippen LogP contribution in [0.1, 0.15) is 47.2 Å². The van der Waals surface area contributed by atoms with E-state index < -0.39 is 4.92 Å². The Kier molecular flexibility index (Phi) is 5.31. The molecule has 0 unspecified atom stereocenters. The topological polar surface area (TPSA) is 92.9 Å². The van der Waals surface area contributed by atoms with Gasteiger partial charge >= 0.3 is 0 Å². The molecule has 1 N–H and O–H groups in total. The maximum absolute atomic E-state index is 12.8. The second kappa shape index (κ2) is 8.05. The zero-order chi connectivity index (χ0) is 20.4. The highest BCUT2D eigenvalue weighted by Crippen LogP contribution is 2.40. The van der Waals surface area contributed by atoms with Gasteiger partial charge in [0.05, 0.1) is 16.1 Å². The second-order valence-corrected chi connectivity index (χ2v) is 7.42. The summed E-state index contributed by atoms with van der Waals surface area (Å²) < 4.78 is 5.86. The summed E-state index contributed by atoms with van der Waals surface area (Å²) in [5.41, 5.74) is 1.47. The zero-order valence-corrected chi connectivity index (χ0v) is 16.0. The van der Waals surface area contributed by atoms with Crippen LogP contribution in [-0.4, -0.2) is 33.8 Å². The van der Waals surface area contributed by atoms with Crippen molar-refractivity contribution in [3.05, 3.63) is 69.0 Å². The van der Waals surface area contributed by atoms with E-state index in [1.54, 1.807) is 18.2 Å². The Balaban J connectivity index is 1.64. The number of allylic oxidation sites excluding steroid dienone is 1. The molecule has 2 heterocycles. The molecule has 0 aliphatic carbocycles. The Morgan fingerprint density at radius 2 is 1.90 bits per heavy atom. The molecule has 2 aromatic carbocycles. The smallest absolute Gasteiger partial charge is 0.270 e. The van der Waals surface area contributed by atoms with E-state index in [2.05, 4.69) is 4.90 Å². The number of Topliss-reactive ketones (excluding diaryl/α,β-unsaturated/α-hetero) is 1. The fourth-order valence-electron chi connectivity index (χ4n) is 3.85. The molecule has 29 heavy (non-hydrogen) atoms. The first-order chi connectivity index (χ1) is 14.0. The molecule has 1 fully saturated rings. The third-order valence-corrected chi connectivity index (χ3v) is 5.38. The van der Waals surface area contributed by atoms with Crippen molar-refractivity contribution in [2.75, 3.05) is 13.1 Å². The van der Waals surface area contributed by atoms with Crippen LogP contribution in [0.3, 0.4) is 0 Å². The first-order valence-electron chi connectivity index (χ1n) is 9.79. The number of likely N-dealkylation sites (tertiary alicyclic amines) is 1. The molecule has 7 nitrogen and oxygen atoms in total. The van der Waals surface area contributed by atoms with Crippen molar-refractivity contribution in [1.82, 2.24) is 4.90 Å². The van der Waals surface area contributed by atoms with Crippen LogP contribution in [0, 0.1) is 10.1 Å². The molecule has 0 amide bonds. The van der Waals surface area contributed by atoms with Crippen LogP contribution in [0.25, 0.3) is 6.08 Å². The summed E-state index contributed by atoms with van der Waals surface area (Å²) in [5, 5.41) is 21.4. The first kappa shape index (κ1) is 19.1. The van der Waals surface area contributed by atoms with Gasteiger partial charge in [-0.25, -0.2) is 0 Å². The summed E-state index contributed by atoms with van der Waals surface area (Å²) in [6.07, 6.45) is 6.16. The van der Waals surface area contributed by atoms with E-state index in [0.717, 1.165) is 25.9 Å². The van der Waals surface area contributed by atoms with Crippen LogP contribution >= 0.6 is 0 Å². The average Bonchev–Trinajstić information content (AvgIpc) is 2.87. The van der Waals surface area contributed by atoms with Gasteiger partial charge in [0.2, 0.25) is 5.78 Å². The van der Waals surface area contributed by atoms with Crippen LogP contribution in [0.4, 0.5) is 5.69 Å². The average molecular weight is 394 g/mol. The molecule has 0 saturated carbocycles. The second-order valence-electron chi connectivity index (χ2n) is 7.42. The third-order valence-electron chi connectivity index (χ3n) is 5.38. The van der Waals surface area contributed by atoms with Gasteiger partial charge in [0.25, 0.3) is 5.69 Å². The van der Waals surface area contributed by atoms with Gasteiger partial charge in [-0.05, 0) is 49.7 Å². The molecule has 150 valence electrons. The van der Waals surface area contributed by atoms with Crippen molar-refractivity contribution in [3.8, 4) is 11.5 Å². The number of nitro benzene ring substituents is 1. The summed E-state index contributed by atoms with van der Waals surface area (Å²) in [6, 6.07) is 9.12. The molecule has 4 rings (SSSR count). The number of hydrogen-bond acceptors (Lipinski definition) is 6. The number of phenols is 1. The fourth-order valence-corrected chi connectivity index (χ4v) is 3.85. The maximum atomic E-state index is 12.8. The number of carbonyl (C=O) groups is 1. The van der Waals surface area contributed by atoms with E-state index in [1.165, 1.54) is 37.1 Å². The van der Waals surface area contributed by atoms with Gasteiger partial charge in [-0.15, -0.1) is 0 Å². The van der Waals surface area contributed by atoms with Crippen molar-refractivity contribution in [2.24, 2.45) is 0 Å². The van der Waals surface area contributed by atoms with Crippen molar-refractivity contribution in [1.29, 1.82) is 0 Å². The molecular weight excluding hydrogens is 372 g/mol. The van der Waals surface area contributed by atoms with E-state index >= 15 is 0 Å². The minimum Gasteiger partial charge on any atom is -0.507 e. The highest BCUT2D eigenvalue weighted by Gasteiger charge is 2.31. The lowest BCUT2D eigenvalue weighted by atomic mass is 10.0. The molecule has 0 radical (unpaired) electrons. The van der Waals surface area contributed by atoms with Gasteiger partial charge in [-0.3, -0.25) is 19.8 Å². The van der Waals surface area contributed by atoms with Crippen molar-refractivity contribution >= 4 is 17.5 Å². The standard InChI is InChI=1S/C22H22N2O5/c25-19-9-8-17-21(26)20(13-15-6-5-7-16(12-15)24(27)28)29-22(17)18(19)14-23-10-3-1-2-4-11-23/h5-9,12-13,25H,1-4,10-11,14H2/b20-13-. The van der Waals surface area contributed by atoms with E-state index in [1.807, 2.05) is 0 Å². The molecule has 7 heteroatoms. The molecule has 0 bridgehead atoms. The van der Waals surface area contributed by atoms with Crippen molar-refractivity contribution < 1.29 is 19.6 Å². The van der Waals surface area contributed by atoms with Crippen LogP contribution in [0.5, 0.6) is 11.5 Å².